The van der Waals surface area contributed by atoms with Crippen molar-refractivity contribution >= 4 is 23.5 Å². The monoisotopic (exact) mass is 217 g/mol. The first-order valence-electron chi connectivity index (χ1n) is 4.93. The standard InChI is InChI=1S/C11H12BNO3/c1-7-5-10(12(14)15)9-4-3-8(16-2)6-11(9)13-7/h3-6,14-15H,1-2H3. The second-order valence-electron chi connectivity index (χ2n) is 3.61. The summed E-state index contributed by atoms with van der Waals surface area (Å²) in [5.41, 5.74) is 1.90. The van der Waals surface area contributed by atoms with Gasteiger partial charge in [-0.1, -0.05) is 0 Å². The number of methoxy groups -OCH3 is 1. The summed E-state index contributed by atoms with van der Waals surface area (Å²) in [5, 5.41) is 19.3. The van der Waals surface area contributed by atoms with Gasteiger partial charge in [-0.3, -0.25) is 4.98 Å². The van der Waals surface area contributed by atoms with Crippen molar-refractivity contribution in [3.05, 3.63) is 30.0 Å². The number of aromatic nitrogens is 1. The molecule has 16 heavy (non-hydrogen) atoms. The molecule has 1 heterocycles. The molecule has 0 fully saturated rings. The molecule has 0 saturated heterocycles. The van der Waals surface area contributed by atoms with Gasteiger partial charge in [0.25, 0.3) is 0 Å². The highest BCUT2D eigenvalue weighted by molar-refractivity contribution is 6.61. The minimum atomic E-state index is -1.49. The van der Waals surface area contributed by atoms with Crippen LogP contribution >= 0.6 is 0 Å². The predicted molar refractivity (Wildman–Crippen MR) is 62.9 cm³/mol. The molecule has 2 rings (SSSR count). The van der Waals surface area contributed by atoms with Crippen LogP contribution in [0.15, 0.2) is 24.3 Å². The van der Waals surface area contributed by atoms with Gasteiger partial charge < -0.3 is 14.8 Å². The van der Waals surface area contributed by atoms with Crippen molar-refractivity contribution in [2.45, 2.75) is 6.92 Å². The van der Waals surface area contributed by atoms with E-state index >= 15 is 0 Å². The Kier molecular flexibility index (Phi) is 2.81. The molecule has 1 aromatic heterocycles. The summed E-state index contributed by atoms with van der Waals surface area (Å²) in [5.74, 6) is 0.698. The quantitative estimate of drug-likeness (QED) is 0.707. The molecule has 2 N–H and O–H groups in total. The Hall–Kier alpha value is -1.59. The van der Waals surface area contributed by atoms with Crippen molar-refractivity contribution in [3.8, 4) is 5.75 Å². The van der Waals surface area contributed by atoms with Crippen LogP contribution in [-0.2, 0) is 0 Å². The Morgan fingerprint density at radius 1 is 1.25 bits per heavy atom. The topological polar surface area (TPSA) is 62.6 Å². The Morgan fingerprint density at radius 3 is 2.62 bits per heavy atom. The fraction of sp³-hybridized carbons (Fsp3) is 0.182. The van der Waals surface area contributed by atoms with E-state index in [1.54, 1.807) is 31.4 Å². The number of rotatable bonds is 2. The molecule has 0 spiro atoms. The molecule has 0 unspecified atom stereocenters. The lowest BCUT2D eigenvalue weighted by Gasteiger charge is -2.08. The number of ether oxygens (including phenoxy) is 1. The maximum absolute atomic E-state index is 9.27. The number of fused-ring (bicyclic) bond motifs is 1. The number of benzene rings is 1. The Morgan fingerprint density at radius 2 is 2.00 bits per heavy atom. The van der Waals surface area contributed by atoms with Crippen molar-refractivity contribution in [1.29, 1.82) is 0 Å². The van der Waals surface area contributed by atoms with Crippen LogP contribution in [0.3, 0.4) is 0 Å². The SMILES string of the molecule is COc1ccc2c(B(O)O)cc(C)nc2c1. The van der Waals surface area contributed by atoms with E-state index < -0.39 is 7.12 Å². The molecule has 1 aromatic carbocycles. The molecule has 0 atom stereocenters. The smallest absolute Gasteiger partial charge is 0.489 e. The van der Waals surface area contributed by atoms with Crippen molar-refractivity contribution < 1.29 is 14.8 Å². The van der Waals surface area contributed by atoms with Crippen LogP contribution in [0.5, 0.6) is 5.75 Å². The molecule has 0 amide bonds. The molecule has 0 saturated carbocycles. The molecule has 0 aliphatic heterocycles. The summed E-state index contributed by atoms with van der Waals surface area (Å²) in [7, 11) is 0.0938. The van der Waals surface area contributed by atoms with Crippen LogP contribution in [-0.4, -0.2) is 29.3 Å². The summed E-state index contributed by atoms with van der Waals surface area (Å²) in [6.07, 6.45) is 0. The zero-order chi connectivity index (χ0) is 11.7. The second kappa shape index (κ2) is 4.12. The number of hydrogen-bond donors (Lipinski definition) is 2. The van der Waals surface area contributed by atoms with Gasteiger partial charge >= 0.3 is 7.12 Å². The number of hydrogen-bond acceptors (Lipinski definition) is 4. The van der Waals surface area contributed by atoms with Gasteiger partial charge in [0.2, 0.25) is 0 Å². The van der Waals surface area contributed by atoms with E-state index in [4.69, 9.17) is 4.74 Å². The van der Waals surface area contributed by atoms with Crippen LogP contribution < -0.4 is 10.2 Å². The average molecular weight is 217 g/mol. The molecule has 0 aliphatic carbocycles. The molecule has 5 heteroatoms. The van der Waals surface area contributed by atoms with Crippen molar-refractivity contribution in [1.82, 2.24) is 4.98 Å². The van der Waals surface area contributed by atoms with Crippen LogP contribution in [0.4, 0.5) is 0 Å². The third-order valence-electron chi connectivity index (χ3n) is 2.46. The van der Waals surface area contributed by atoms with E-state index in [0.717, 1.165) is 11.1 Å². The predicted octanol–water partition coefficient (Wildman–Crippen LogP) is 0.232. The lowest BCUT2D eigenvalue weighted by atomic mass is 9.78. The average Bonchev–Trinajstić information content (AvgIpc) is 2.26. The number of pyridine rings is 1. The van der Waals surface area contributed by atoms with E-state index in [-0.39, 0.29) is 0 Å². The summed E-state index contributed by atoms with van der Waals surface area (Å²) >= 11 is 0. The zero-order valence-corrected chi connectivity index (χ0v) is 9.14. The largest absolute Gasteiger partial charge is 0.497 e. The Labute approximate surface area is 93.7 Å². The highest BCUT2D eigenvalue weighted by Gasteiger charge is 2.16. The van der Waals surface area contributed by atoms with Crippen LogP contribution in [0.2, 0.25) is 0 Å². The summed E-state index contributed by atoms with van der Waals surface area (Å²) in [6, 6.07) is 6.98. The number of nitrogens with zero attached hydrogens (tertiary/aromatic N) is 1. The van der Waals surface area contributed by atoms with Gasteiger partial charge in [0.05, 0.1) is 12.6 Å². The van der Waals surface area contributed by atoms with E-state index in [9.17, 15) is 10.0 Å². The molecule has 82 valence electrons. The third kappa shape index (κ3) is 1.87. The highest BCUT2D eigenvalue weighted by Crippen LogP contribution is 2.18. The highest BCUT2D eigenvalue weighted by atomic mass is 16.5. The first kappa shape index (κ1) is 10.9. The van der Waals surface area contributed by atoms with Crippen molar-refractivity contribution in [2.75, 3.05) is 7.11 Å². The van der Waals surface area contributed by atoms with Crippen LogP contribution in [0, 0.1) is 6.92 Å². The van der Waals surface area contributed by atoms with Gasteiger partial charge in [-0.25, -0.2) is 0 Å². The van der Waals surface area contributed by atoms with Gasteiger partial charge in [-0.2, -0.15) is 0 Å². The van der Waals surface area contributed by atoms with Crippen LogP contribution in [0.25, 0.3) is 10.9 Å². The van der Waals surface area contributed by atoms with Gasteiger partial charge in [0.15, 0.2) is 0 Å². The molecule has 0 aliphatic rings. The fourth-order valence-corrected chi connectivity index (χ4v) is 1.71. The summed E-state index contributed by atoms with van der Waals surface area (Å²) in [4.78, 5) is 4.33. The van der Waals surface area contributed by atoms with E-state index in [1.165, 1.54) is 0 Å². The minimum absolute atomic E-state index is 0.463. The maximum Gasteiger partial charge on any atom is 0.489 e. The van der Waals surface area contributed by atoms with E-state index in [1.807, 2.05) is 6.92 Å². The van der Waals surface area contributed by atoms with E-state index in [0.29, 0.717) is 16.7 Å². The molecule has 0 radical (unpaired) electrons. The summed E-state index contributed by atoms with van der Waals surface area (Å²) < 4.78 is 5.10. The first-order valence-corrected chi connectivity index (χ1v) is 4.93. The normalized spacial score (nSPS) is 10.5. The summed E-state index contributed by atoms with van der Waals surface area (Å²) in [6.45, 7) is 1.81. The number of aryl methyl sites for hydroxylation is 1. The third-order valence-corrected chi connectivity index (χ3v) is 2.46. The van der Waals surface area contributed by atoms with Crippen molar-refractivity contribution in [2.24, 2.45) is 0 Å². The lowest BCUT2D eigenvalue weighted by molar-refractivity contribution is 0.415. The maximum atomic E-state index is 9.27. The molecule has 0 bridgehead atoms. The van der Waals surface area contributed by atoms with Gasteiger partial charge in [-0.15, -0.1) is 0 Å². The van der Waals surface area contributed by atoms with Crippen molar-refractivity contribution in [3.63, 3.8) is 0 Å². The fourth-order valence-electron chi connectivity index (χ4n) is 1.71. The van der Waals surface area contributed by atoms with E-state index in [2.05, 4.69) is 4.98 Å². The van der Waals surface area contributed by atoms with Crippen LogP contribution in [0.1, 0.15) is 5.69 Å². The lowest BCUT2D eigenvalue weighted by Crippen LogP contribution is -2.31. The second-order valence-corrected chi connectivity index (χ2v) is 3.61. The molecule has 4 nitrogen and oxygen atoms in total. The van der Waals surface area contributed by atoms with Gasteiger partial charge in [0, 0.05) is 17.1 Å². The van der Waals surface area contributed by atoms with Gasteiger partial charge in [-0.05, 0) is 30.6 Å². The van der Waals surface area contributed by atoms with Gasteiger partial charge in [0.1, 0.15) is 5.75 Å². The zero-order valence-electron chi connectivity index (χ0n) is 9.14. The molecular formula is C11H12BNO3. The Bertz CT molecular complexity index is 528. The molecular weight excluding hydrogens is 205 g/mol. The first-order chi connectivity index (χ1) is 7.61. The molecule has 2 aromatic rings. The Balaban J connectivity index is 2.73. The minimum Gasteiger partial charge on any atom is -0.497 e.